The Morgan fingerprint density at radius 2 is 2.27 bits per heavy atom. The molecule has 0 spiro atoms. The van der Waals surface area contributed by atoms with Gasteiger partial charge in [-0.25, -0.2) is 0 Å². The van der Waals surface area contributed by atoms with Gasteiger partial charge in [0.2, 0.25) is 0 Å². The number of nitrogens with zero attached hydrogens (tertiary/aromatic N) is 1. The van der Waals surface area contributed by atoms with Crippen LogP contribution in [0.1, 0.15) is 12.5 Å². The van der Waals surface area contributed by atoms with Crippen molar-refractivity contribution in [1.29, 1.82) is 0 Å². The third kappa shape index (κ3) is 2.47. The van der Waals surface area contributed by atoms with Gasteiger partial charge < -0.3 is 5.32 Å². The van der Waals surface area contributed by atoms with E-state index in [4.69, 9.17) is 6.42 Å². The molecule has 0 heterocycles. The summed E-state index contributed by atoms with van der Waals surface area (Å²) in [5, 5.41) is 13.7. The molecule has 1 atom stereocenters. The Kier molecular flexibility index (Phi) is 3.29. The van der Waals surface area contributed by atoms with Crippen LogP contribution < -0.4 is 5.32 Å². The molecule has 78 valence electrons. The molecule has 0 fully saturated rings. The molecule has 1 aromatic rings. The minimum absolute atomic E-state index is 0.101. The third-order valence-electron chi connectivity index (χ3n) is 2.12. The summed E-state index contributed by atoms with van der Waals surface area (Å²) in [6.07, 6.45) is 5.22. The van der Waals surface area contributed by atoms with Crippen LogP contribution in [0.25, 0.3) is 0 Å². The van der Waals surface area contributed by atoms with Gasteiger partial charge in [0.1, 0.15) is 0 Å². The summed E-state index contributed by atoms with van der Waals surface area (Å²) in [4.78, 5) is 10.3. The molecular formula is C11H12N2O2. The highest BCUT2D eigenvalue weighted by molar-refractivity contribution is 5.60. The Morgan fingerprint density at radius 3 is 2.80 bits per heavy atom. The number of hydrogen-bond donors (Lipinski definition) is 1. The van der Waals surface area contributed by atoms with Gasteiger partial charge in [0.15, 0.2) is 0 Å². The van der Waals surface area contributed by atoms with Crippen LogP contribution in [0.15, 0.2) is 18.2 Å². The summed E-state index contributed by atoms with van der Waals surface area (Å²) in [6.45, 7) is 3.52. The predicted octanol–water partition coefficient (Wildman–Crippen LogP) is 2.34. The molecule has 0 saturated heterocycles. The summed E-state index contributed by atoms with van der Waals surface area (Å²) in [6, 6.07) is 4.74. The minimum Gasteiger partial charge on any atom is -0.371 e. The maximum absolute atomic E-state index is 10.7. The largest absolute Gasteiger partial charge is 0.371 e. The van der Waals surface area contributed by atoms with Gasteiger partial charge in [-0.2, -0.15) is 0 Å². The highest BCUT2D eigenvalue weighted by Gasteiger charge is 2.13. The van der Waals surface area contributed by atoms with E-state index in [1.807, 2.05) is 6.92 Å². The van der Waals surface area contributed by atoms with E-state index in [1.165, 1.54) is 6.07 Å². The lowest BCUT2D eigenvalue weighted by molar-refractivity contribution is -0.385. The summed E-state index contributed by atoms with van der Waals surface area (Å²) >= 11 is 0. The second-order valence-corrected chi connectivity index (χ2v) is 3.24. The molecule has 0 aliphatic rings. The first-order valence-corrected chi connectivity index (χ1v) is 4.53. The second-order valence-electron chi connectivity index (χ2n) is 3.24. The van der Waals surface area contributed by atoms with Crippen LogP contribution in [0.4, 0.5) is 11.4 Å². The normalized spacial score (nSPS) is 11.5. The number of hydrogen-bond acceptors (Lipinski definition) is 3. The smallest absolute Gasteiger partial charge is 0.274 e. The second kappa shape index (κ2) is 4.47. The highest BCUT2D eigenvalue weighted by atomic mass is 16.6. The summed E-state index contributed by atoms with van der Waals surface area (Å²) < 4.78 is 0. The van der Waals surface area contributed by atoms with E-state index in [0.29, 0.717) is 11.3 Å². The van der Waals surface area contributed by atoms with Crippen LogP contribution in [-0.4, -0.2) is 11.0 Å². The van der Waals surface area contributed by atoms with Gasteiger partial charge in [-0.3, -0.25) is 10.1 Å². The molecule has 0 amide bonds. The van der Waals surface area contributed by atoms with Gasteiger partial charge >= 0.3 is 0 Å². The van der Waals surface area contributed by atoms with Crippen molar-refractivity contribution in [3.8, 4) is 12.3 Å². The topological polar surface area (TPSA) is 55.2 Å². The van der Waals surface area contributed by atoms with Crippen LogP contribution in [0, 0.1) is 29.4 Å². The van der Waals surface area contributed by atoms with Crippen molar-refractivity contribution in [2.75, 3.05) is 5.32 Å². The van der Waals surface area contributed by atoms with E-state index in [0.717, 1.165) is 0 Å². The quantitative estimate of drug-likeness (QED) is 0.467. The van der Waals surface area contributed by atoms with E-state index in [9.17, 15) is 10.1 Å². The Morgan fingerprint density at radius 1 is 1.60 bits per heavy atom. The molecule has 1 rings (SSSR count). The molecule has 0 aliphatic carbocycles. The number of benzene rings is 1. The number of terminal acetylenes is 1. The van der Waals surface area contributed by atoms with Crippen molar-refractivity contribution in [3.05, 3.63) is 33.9 Å². The number of nitro groups is 1. The summed E-state index contributed by atoms with van der Waals surface area (Å²) in [5.74, 6) is 2.51. The molecule has 0 aromatic heterocycles. The van der Waals surface area contributed by atoms with E-state index < -0.39 is 4.92 Å². The van der Waals surface area contributed by atoms with E-state index >= 15 is 0 Å². The lowest BCUT2D eigenvalue weighted by atomic mass is 10.1. The van der Waals surface area contributed by atoms with Crippen molar-refractivity contribution in [2.24, 2.45) is 0 Å². The average Bonchev–Trinajstić information content (AvgIpc) is 2.20. The number of nitrogens with one attached hydrogen (secondary N) is 1. The molecule has 15 heavy (non-hydrogen) atoms. The van der Waals surface area contributed by atoms with Crippen LogP contribution in [0.2, 0.25) is 0 Å². The van der Waals surface area contributed by atoms with Crippen LogP contribution in [0.3, 0.4) is 0 Å². The van der Waals surface area contributed by atoms with Crippen LogP contribution in [0.5, 0.6) is 0 Å². The standard InChI is InChI=1S/C11H12N2O2/c1-4-8(2)12-10-6-5-7-11(9(10)3)13(14)15/h1,5-8,12H,2-3H3. The van der Waals surface area contributed by atoms with Crippen molar-refractivity contribution in [2.45, 2.75) is 19.9 Å². The lowest BCUT2D eigenvalue weighted by Gasteiger charge is -2.11. The van der Waals surface area contributed by atoms with Gasteiger partial charge in [-0.1, -0.05) is 12.0 Å². The zero-order valence-electron chi connectivity index (χ0n) is 8.65. The van der Waals surface area contributed by atoms with Crippen molar-refractivity contribution < 1.29 is 4.92 Å². The monoisotopic (exact) mass is 204 g/mol. The molecule has 1 unspecified atom stereocenters. The molecule has 4 heteroatoms. The van der Waals surface area contributed by atoms with Gasteiger partial charge in [0, 0.05) is 17.3 Å². The molecular weight excluding hydrogens is 192 g/mol. The van der Waals surface area contributed by atoms with Crippen molar-refractivity contribution in [1.82, 2.24) is 0 Å². The molecule has 0 bridgehead atoms. The Labute approximate surface area is 88.5 Å². The zero-order chi connectivity index (χ0) is 11.4. The van der Waals surface area contributed by atoms with E-state index in [-0.39, 0.29) is 11.7 Å². The van der Waals surface area contributed by atoms with E-state index in [2.05, 4.69) is 11.2 Å². The molecule has 0 radical (unpaired) electrons. The van der Waals surface area contributed by atoms with Crippen molar-refractivity contribution in [3.63, 3.8) is 0 Å². The fourth-order valence-corrected chi connectivity index (χ4v) is 1.25. The van der Waals surface area contributed by atoms with Crippen molar-refractivity contribution >= 4 is 11.4 Å². The summed E-state index contributed by atoms with van der Waals surface area (Å²) in [5.41, 5.74) is 1.41. The van der Waals surface area contributed by atoms with E-state index in [1.54, 1.807) is 19.1 Å². The average molecular weight is 204 g/mol. The van der Waals surface area contributed by atoms with Gasteiger partial charge in [-0.05, 0) is 19.9 Å². The SMILES string of the molecule is C#CC(C)Nc1cccc([N+](=O)[O-])c1C. The van der Waals surface area contributed by atoms with Gasteiger partial charge in [0.25, 0.3) is 5.69 Å². The van der Waals surface area contributed by atoms with Gasteiger partial charge in [-0.15, -0.1) is 6.42 Å². The van der Waals surface area contributed by atoms with Gasteiger partial charge in [0.05, 0.1) is 11.0 Å². The molecule has 4 nitrogen and oxygen atoms in total. The first kappa shape index (κ1) is 11.1. The fraction of sp³-hybridized carbons (Fsp3) is 0.273. The predicted molar refractivity (Wildman–Crippen MR) is 59.8 cm³/mol. The summed E-state index contributed by atoms with van der Waals surface area (Å²) in [7, 11) is 0. The Hall–Kier alpha value is -2.02. The van der Waals surface area contributed by atoms with Crippen LogP contribution in [-0.2, 0) is 0 Å². The lowest BCUT2D eigenvalue weighted by Crippen LogP contribution is -2.13. The fourth-order valence-electron chi connectivity index (χ4n) is 1.25. The first-order chi connectivity index (χ1) is 7.06. The number of anilines is 1. The molecule has 0 saturated carbocycles. The number of nitro benzene ring substituents is 1. The highest BCUT2D eigenvalue weighted by Crippen LogP contribution is 2.25. The first-order valence-electron chi connectivity index (χ1n) is 4.53. The third-order valence-corrected chi connectivity index (χ3v) is 2.12. The maximum atomic E-state index is 10.7. The Bertz CT molecular complexity index is 421. The molecule has 0 aliphatic heterocycles. The minimum atomic E-state index is -0.402. The molecule has 1 aromatic carbocycles. The van der Waals surface area contributed by atoms with Crippen LogP contribution >= 0.6 is 0 Å². The Balaban J connectivity index is 3.06. The number of rotatable bonds is 3. The zero-order valence-corrected chi connectivity index (χ0v) is 8.65. The molecule has 1 N–H and O–H groups in total. The maximum Gasteiger partial charge on any atom is 0.274 e.